The van der Waals surface area contributed by atoms with Crippen molar-refractivity contribution >= 4 is 17.5 Å². The van der Waals surface area contributed by atoms with Gasteiger partial charge in [0, 0.05) is 62.4 Å². The third kappa shape index (κ3) is 5.00. The van der Waals surface area contributed by atoms with E-state index in [-0.39, 0.29) is 36.3 Å². The monoisotopic (exact) mass is 547 g/mol. The van der Waals surface area contributed by atoms with Crippen LogP contribution in [0, 0.1) is 11.8 Å². The lowest BCUT2D eigenvalue weighted by Gasteiger charge is -2.24. The van der Waals surface area contributed by atoms with Crippen LogP contribution in [-0.2, 0) is 21.9 Å². The summed E-state index contributed by atoms with van der Waals surface area (Å²) in [5.41, 5.74) is -4.16. The molecule has 2 N–H and O–H groups in total. The first kappa shape index (κ1) is 26.2. The van der Waals surface area contributed by atoms with Crippen LogP contribution in [0.1, 0.15) is 24.5 Å². The number of likely N-dealkylation sites (tertiary alicyclic amines) is 1. The van der Waals surface area contributed by atoms with Crippen LogP contribution in [0.25, 0.3) is 0 Å². The second-order valence-corrected chi connectivity index (χ2v) is 9.67. The maximum atomic E-state index is 13.2. The van der Waals surface area contributed by atoms with Crippen molar-refractivity contribution in [3.63, 3.8) is 0 Å². The maximum Gasteiger partial charge on any atom is 0.423 e. The van der Waals surface area contributed by atoms with Gasteiger partial charge in [-0.3, -0.25) is 9.59 Å². The lowest BCUT2D eigenvalue weighted by Crippen LogP contribution is -2.39. The van der Waals surface area contributed by atoms with Gasteiger partial charge in [0.1, 0.15) is 11.7 Å². The van der Waals surface area contributed by atoms with Crippen LogP contribution in [0.4, 0.5) is 38.0 Å². The number of halogens is 6. The molecular formula is C22H23F6N7O3. The molecule has 0 spiro atoms. The number of rotatable bonds is 7. The molecule has 0 radical (unpaired) electrons. The van der Waals surface area contributed by atoms with Gasteiger partial charge in [-0.15, -0.1) is 0 Å². The van der Waals surface area contributed by atoms with Gasteiger partial charge in [0.2, 0.25) is 5.95 Å². The van der Waals surface area contributed by atoms with E-state index < -0.39 is 46.9 Å². The Labute approximate surface area is 211 Å². The Hall–Kier alpha value is -3.43. The molecule has 2 aromatic rings. The molecular weight excluding hydrogens is 524 g/mol. The number of anilines is 2. The lowest BCUT2D eigenvalue weighted by molar-refractivity contribution is -0.139. The van der Waals surface area contributed by atoms with E-state index in [9.17, 15) is 35.9 Å². The zero-order chi connectivity index (χ0) is 27.4. The number of piperidine rings is 1. The highest BCUT2D eigenvalue weighted by atomic mass is 19.4. The first-order valence-electron chi connectivity index (χ1n) is 11.8. The number of alkyl halides is 6. The van der Waals surface area contributed by atoms with Crippen molar-refractivity contribution in [1.29, 1.82) is 0 Å². The van der Waals surface area contributed by atoms with E-state index in [2.05, 4.69) is 20.4 Å². The van der Waals surface area contributed by atoms with Crippen molar-refractivity contribution in [3.05, 3.63) is 40.1 Å². The number of hydrogen-bond acceptors (Lipinski definition) is 8. The summed E-state index contributed by atoms with van der Waals surface area (Å²) in [6.07, 6.45) is -7.33. The second-order valence-electron chi connectivity index (χ2n) is 9.67. The zero-order valence-corrected chi connectivity index (χ0v) is 19.9. The van der Waals surface area contributed by atoms with Crippen molar-refractivity contribution < 1.29 is 35.9 Å². The molecule has 2 saturated heterocycles. The number of carbonyl (C=O) groups excluding carboxylic acids is 1. The van der Waals surface area contributed by atoms with E-state index in [1.54, 1.807) is 21.8 Å². The molecule has 0 unspecified atom stereocenters. The topological polar surface area (TPSA) is 116 Å². The van der Waals surface area contributed by atoms with Gasteiger partial charge in [-0.1, -0.05) is 0 Å². The molecule has 5 atom stereocenters. The standard InChI is InChI=1S/C22H23F6N7O3/c1-10(32-14-6-31-33-18(36)16(14)22(26,27)28)9-38-15-2-3-35(19(15)37)17-12-7-34(8-13(12)17)20-29-4-11(5-30-20)21(23,24)25/h4-6,10,12-13,15,17H,2-3,7-9H2,1H3,(H2,32,33,36)/t10-,12-,13+,15+,17+/m0/s1. The molecule has 5 rings (SSSR count). The quantitative estimate of drug-likeness (QED) is 0.507. The zero-order valence-electron chi connectivity index (χ0n) is 19.9. The van der Waals surface area contributed by atoms with Gasteiger partial charge in [-0.25, -0.2) is 15.1 Å². The molecule has 4 heterocycles. The summed E-state index contributed by atoms with van der Waals surface area (Å²) in [5, 5.41) is 7.74. The highest BCUT2D eigenvalue weighted by Crippen LogP contribution is 2.50. The van der Waals surface area contributed by atoms with Gasteiger partial charge in [0.15, 0.2) is 0 Å². The third-order valence-corrected chi connectivity index (χ3v) is 7.04. The molecule has 3 fully saturated rings. The molecule has 2 aromatic heterocycles. The number of hydrogen-bond donors (Lipinski definition) is 2. The van der Waals surface area contributed by atoms with Gasteiger partial charge < -0.3 is 19.9 Å². The predicted octanol–water partition coefficient (Wildman–Crippen LogP) is 2.15. The highest BCUT2D eigenvalue weighted by molar-refractivity contribution is 5.84. The summed E-state index contributed by atoms with van der Waals surface area (Å²) < 4.78 is 83.6. The molecule has 0 aromatic carbocycles. The minimum absolute atomic E-state index is 0.00573. The van der Waals surface area contributed by atoms with Gasteiger partial charge in [-0.2, -0.15) is 31.4 Å². The van der Waals surface area contributed by atoms with Crippen molar-refractivity contribution in [2.24, 2.45) is 11.8 Å². The Morgan fingerprint density at radius 2 is 1.74 bits per heavy atom. The molecule has 38 heavy (non-hydrogen) atoms. The number of amides is 1. The molecule has 206 valence electrons. The van der Waals surface area contributed by atoms with Gasteiger partial charge in [-0.05, 0) is 6.92 Å². The Morgan fingerprint density at radius 1 is 1.08 bits per heavy atom. The van der Waals surface area contributed by atoms with Crippen LogP contribution < -0.4 is 15.8 Å². The average molecular weight is 547 g/mol. The predicted molar refractivity (Wildman–Crippen MR) is 119 cm³/mol. The number of aromatic amines is 1. The Balaban J connectivity index is 1.11. The van der Waals surface area contributed by atoms with Gasteiger partial charge >= 0.3 is 12.4 Å². The molecule has 1 aliphatic carbocycles. The molecule has 10 nitrogen and oxygen atoms in total. The number of carbonyl (C=O) groups is 1. The SMILES string of the molecule is C[C@@H](CO[C@@H]1CCN([C@H]2[C@@H]3CN(c4ncc(C(F)(F)F)cn4)C[C@@H]32)C1=O)Nc1cn[nH]c(=O)c1C(F)(F)F. The van der Waals surface area contributed by atoms with Gasteiger partial charge in [0.05, 0.1) is 24.1 Å². The second kappa shape index (κ2) is 9.39. The van der Waals surface area contributed by atoms with E-state index in [1.807, 2.05) is 0 Å². The normalized spacial score (nSPS) is 26.0. The van der Waals surface area contributed by atoms with E-state index in [1.165, 1.54) is 0 Å². The van der Waals surface area contributed by atoms with E-state index in [0.29, 0.717) is 26.1 Å². The lowest BCUT2D eigenvalue weighted by atomic mass is 10.2. The summed E-state index contributed by atoms with van der Waals surface area (Å²) in [7, 11) is 0. The van der Waals surface area contributed by atoms with Gasteiger partial charge in [0.25, 0.3) is 11.5 Å². The molecule has 3 aliphatic rings. The number of ether oxygens (including phenoxy) is 1. The highest BCUT2D eigenvalue weighted by Gasteiger charge is 2.61. The fraction of sp³-hybridized carbons (Fsp3) is 0.591. The van der Waals surface area contributed by atoms with E-state index >= 15 is 0 Å². The summed E-state index contributed by atoms with van der Waals surface area (Å²) in [4.78, 5) is 35.7. The molecule has 16 heteroatoms. The Kier molecular flexibility index (Phi) is 6.47. The summed E-state index contributed by atoms with van der Waals surface area (Å²) >= 11 is 0. The number of fused-ring (bicyclic) bond motifs is 1. The van der Waals surface area contributed by atoms with Crippen molar-refractivity contribution in [2.45, 2.75) is 43.9 Å². The van der Waals surface area contributed by atoms with Crippen LogP contribution >= 0.6 is 0 Å². The maximum absolute atomic E-state index is 13.2. The van der Waals surface area contributed by atoms with Crippen LogP contribution in [0.15, 0.2) is 23.4 Å². The number of nitrogens with one attached hydrogen (secondary N) is 2. The smallest absolute Gasteiger partial charge is 0.378 e. The van der Waals surface area contributed by atoms with Crippen molar-refractivity contribution in [1.82, 2.24) is 25.1 Å². The number of aromatic nitrogens is 4. The average Bonchev–Trinajstić information content (AvgIpc) is 3.13. The summed E-state index contributed by atoms with van der Waals surface area (Å²) in [6.45, 7) is 2.98. The van der Waals surface area contributed by atoms with Crippen molar-refractivity contribution in [2.75, 3.05) is 36.5 Å². The van der Waals surface area contributed by atoms with Crippen molar-refractivity contribution in [3.8, 4) is 0 Å². The number of H-pyrrole nitrogens is 1. The summed E-state index contributed by atoms with van der Waals surface area (Å²) in [6, 6.07) is -0.659. The fourth-order valence-electron chi connectivity index (χ4n) is 5.23. The third-order valence-electron chi connectivity index (χ3n) is 7.04. The van der Waals surface area contributed by atoms with Crippen LogP contribution in [0.3, 0.4) is 0 Å². The summed E-state index contributed by atoms with van der Waals surface area (Å²) in [5.74, 6) is 0.300. The fourth-order valence-corrected chi connectivity index (χ4v) is 5.23. The minimum atomic E-state index is -4.88. The number of nitrogens with zero attached hydrogens (tertiary/aromatic N) is 5. The Bertz CT molecular complexity index is 1240. The first-order valence-corrected chi connectivity index (χ1v) is 11.8. The van der Waals surface area contributed by atoms with E-state index in [4.69, 9.17) is 4.74 Å². The Morgan fingerprint density at radius 3 is 2.34 bits per heavy atom. The van der Waals surface area contributed by atoms with Crippen LogP contribution in [0.5, 0.6) is 0 Å². The van der Waals surface area contributed by atoms with Crippen LogP contribution in [-0.4, -0.2) is 75.4 Å². The van der Waals surface area contributed by atoms with E-state index in [0.717, 1.165) is 18.6 Å². The molecule has 2 aliphatic heterocycles. The first-order chi connectivity index (χ1) is 17.8. The molecule has 0 bridgehead atoms. The minimum Gasteiger partial charge on any atom is -0.378 e. The molecule has 1 saturated carbocycles. The molecule has 1 amide bonds. The van der Waals surface area contributed by atoms with Crippen LogP contribution in [0.2, 0.25) is 0 Å². The largest absolute Gasteiger partial charge is 0.423 e.